The van der Waals surface area contributed by atoms with Gasteiger partial charge >= 0.3 is 0 Å². The average Bonchev–Trinajstić information content (AvgIpc) is 3.21. The molecule has 1 saturated carbocycles. The van der Waals surface area contributed by atoms with Crippen LogP contribution in [0.5, 0.6) is 0 Å². The van der Waals surface area contributed by atoms with Crippen molar-refractivity contribution in [2.24, 2.45) is 0 Å². The monoisotopic (exact) mass is 304 g/mol. The number of hydrogen-bond acceptors (Lipinski definition) is 5. The van der Waals surface area contributed by atoms with Gasteiger partial charge in [-0.3, -0.25) is 0 Å². The quantitative estimate of drug-likeness (QED) is 0.689. The molecule has 0 bridgehead atoms. The van der Waals surface area contributed by atoms with Crippen LogP contribution in [0.2, 0.25) is 0 Å². The maximum absolute atomic E-state index is 13.6. The van der Waals surface area contributed by atoms with E-state index >= 15 is 0 Å². The van der Waals surface area contributed by atoms with E-state index in [1.807, 2.05) is 10.7 Å². The zero-order valence-electron chi connectivity index (χ0n) is 11.2. The predicted octanol–water partition coefficient (Wildman–Crippen LogP) is 1.78. The molecule has 1 heterocycles. The Labute approximate surface area is 125 Å². The van der Waals surface area contributed by atoms with Crippen LogP contribution in [-0.4, -0.2) is 31.9 Å². The van der Waals surface area contributed by atoms with Gasteiger partial charge in [0.15, 0.2) is 0 Å². The molecule has 0 aliphatic heterocycles. The van der Waals surface area contributed by atoms with E-state index in [2.05, 4.69) is 27.4 Å². The molecule has 21 heavy (non-hydrogen) atoms. The van der Waals surface area contributed by atoms with Crippen molar-refractivity contribution in [3.8, 4) is 11.8 Å². The molecule has 3 rings (SSSR count). The molecule has 0 atom stereocenters. The highest BCUT2D eigenvalue weighted by molar-refractivity contribution is 7.98. The summed E-state index contributed by atoms with van der Waals surface area (Å²) in [5.74, 6) is 5.46. The minimum Gasteiger partial charge on any atom is -0.384 e. The van der Waals surface area contributed by atoms with Crippen LogP contribution >= 0.6 is 11.8 Å². The lowest BCUT2D eigenvalue weighted by Crippen LogP contribution is -1.99. The van der Waals surface area contributed by atoms with Crippen LogP contribution in [-0.2, 0) is 5.75 Å². The van der Waals surface area contributed by atoms with Gasteiger partial charge in [-0.05, 0) is 47.0 Å². The van der Waals surface area contributed by atoms with Gasteiger partial charge in [-0.25, -0.2) is 9.07 Å². The lowest BCUT2D eigenvalue weighted by molar-refractivity contribution is 0.350. The van der Waals surface area contributed by atoms with Gasteiger partial charge in [0.2, 0.25) is 5.16 Å². The van der Waals surface area contributed by atoms with Crippen molar-refractivity contribution in [3.05, 3.63) is 35.1 Å². The molecule has 1 aliphatic rings. The van der Waals surface area contributed by atoms with Crippen molar-refractivity contribution in [3.63, 3.8) is 0 Å². The third kappa shape index (κ3) is 3.60. The summed E-state index contributed by atoms with van der Waals surface area (Å²) in [6, 6.07) is 5.05. The van der Waals surface area contributed by atoms with Crippen LogP contribution in [0.3, 0.4) is 0 Å². The van der Waals surface area contributed by atoms with Gasteiger partial charge in [0.25, 0.3) is 0 Å². The Kier molecular flexibility index (Phi) is 4.18. The van der Waals surface area contributed by atoms with Crippen molar-refractivity contribution in [1.82, 2.24) is 20.2 Å². The number of hydrogen-bond donors (Lipinski definition) is 1. The van der Waals surface area contributed by atoms with Crippen LogP contribution in [0.1, 0.15) is 30.0 Å². The summed E-state index contributed by atoms with van der Waals surface area (Å²) in [6.45, 7) is -0.239. The molecule has 108 valence electrons. The van der Waals surface area contributed by atoms with Gasteiger partial charge in [-0.1, -0.05) is 23.6 Å². The van der Waals surface area contributed by atoms with Gasteiger partial charge < -0.3 is 5.11 Å². The molecule has 0 unspecified atom stereocenters. The van der Waals surface area contributed by atoms with Crippen LogP contribution in [0.15, 0.2) is 23.4 Å². The van der Waals surface area contributed by atoms with Crippen molar-refractivity contribution in [2.45, 2.75) is 29.8 Å². The van der Waals surface area contributed by atoms with Gasteiger partial charge in [-0.2, -0.15) is 0 Å². The zero-order chi connectivity index (χ0) is 14.7. The molecule has 0 spiro atoms. The molecule has 1 aromatic carbocycles. The Bertz CT molecular complexity index is 702. The van der Waals surface area contributed by atoms with E-state index in [1.165, 1.54) is 23.9 Å². The lowest BCUT2D eigenvalue weighted by atomic mass is 10.1. The topological polar surface area (TPSA) is 63.8 Å². The summed E-state index contributed by atoms with van der Waals surface area (Å²) < 4.78 is 15.4. The molecule has 0 radical (unpaired) electrons. The third-order valence-electron chi connectivity index (χ3n) is 2.99. The molecule has 1 aromatic heterocycles. The molecule has 0 amide bonds. The standard InChI is InChI=1S/C14H13FN4OS/c15-12-7-10(2-1-5-20)6-11(8-12)9-21-14-16-17-18-19(14)13-3-4-13/h6-8,13,20H,3-5,9H2. The molecule has 1 N–H and O–H groups in total. The van der Waals surface area contributed by atoms with E-state index in [-0.39, 0.29) is 12.4 Å². The fourth-order valence-corrected chi connectivity index (χ4v) is 2.80. The van der Waals surface area contributed by atoms with Gasteiger partial charge in [0, 0.05) is 11.3 Å². The van der Waals surface area contributed by atoms with E-state index in [9.17, 15) is 4.39 Å². The molecule has 0 saturated heterocycles. The summed E-state index contributed by atoms with van der Waals surface area (Å²) in [4.78, 5) is 0. The average molecular weight is 304 g/mol. The van der Waals surface area contributed by atoms with E-state index in [0.29, 0.717) is 17.4 Å². The van der Waals surface area contributed by atoms with Crippen molar-refractivity contribution in [2.75, 3.05) is 6.61 Å². The highest BCUT2D eigenvalue weighted by atomic mass is 32.2. The van der Waals surface area contributed by atoms with Crippen molar-refractivity contribution in [1.29, 1.82) is 0 Å². The molecule has 1 aliphatic carbocycles. The number of nitrogens with zero attached hydrogens (tertiary/aromatic N) is 4. The first-order valence-electron chi connectivity index (χ1n) is 6.56. The Hall–Kier alpha value is -1.91. The number of rotatable bonds is 4. The fourth-order valence-electron chi connectivity index (χ4n) is 1.92. The summed E-state index contributed by atoms with van der Waals surface area (Å²) >= 11 is 1.48. The Morgan fingerprint density at radius 3 is 3.00 bits per heavy atom. The Morgan fingerprint density at radius 1 is 1.38 bits per heavy atom. The largest absolute Gasteiger partial charge is 0.384 e. The molecular weight excluding hydrogens is 291 g/mol. The minimum absolute atomic E-state index is 0.239. The second kappa shape index (κ2) is 6.24. The maximum atomic E-state index is 13.6. The third-order valence-corrected chi connectivity index (χ3v) is 4.00. The molecule has 5 nitrogen and oxygen atoms in total. The van der Waals surface area contributed by atoms with E-state index in [4.69, 9.17) is 5.11 Å². The highest BCUT2D eigenvalue weighted by Crippen LogP contribution is 2.36. The van der Waals surface area contributed by atoms with Crippen LogP contribution < -0.4 is 0 Å². The SMILES string of the molecule is OCC#Cc1cc(F)cc(CSc2nnnn2C2CC2)c1. The van der Waals surface area contributed by atoms with Gasteiger partial charge in [0.1, 0.15) is 12.4 Å². The van der Waals surface area contributed by atoms with E-state index < -0.39 is 0 Å². The number of benzene rings is 1. The summed E-state index contributed by atoms with van der Waals surface area (Å²) in [5, 5.41) is 21.1. The number of halogens is 1. The Morgan fingerprint density at radius 2 is 2.24 bits per heavy atom. The summed E-state index contributed by atoms with van der Waals surface area (Å²) in [7, 11) is 0. The fraction of sp³-hybridized carbons (Fsp3) is 0.357. The van der Waals surface area contributed by atoms with Crippen molar-refractivity contribution >= 4 is 11.8 Å². The van der Waals surface area contributed by atoms with Gasteiger partial charge in [0.05, 0.1) is 6.04 Å². The second-order valence-corrected chi connectivity index (χ2v) is 5.68. The minimum atomic E-state index is -0.336. The summed E-state index contributed by atoms with van der Waals surface area (Å²) in [5.41, 5.74) is 1.37. The van der Waals surface area contributed by atoms with Crippen LogP contribution in [0.4, 0.5) is 4.39 Å². The smallest absolute Gasteiger partial charge is 0.209 e. The zero-order valence-corrected chi connectivity index (χ0v) is 12.0. The molecule has 7 heteroatoms. The molecular formula is C14H13FN4OS. The first kappa shape index (κ1) is 14.0. The normalized spacial score (nSPS) is 13.8. The highest BCUT2D eigenvalue weighted by Gasteiger charge is 2.27. The maximum Gasteiger partial charge on any atom is 0.209 e. The predicted molar refractivity (Wildman–Crippen MR) is 76.0 cm³/mol. The van der Waals surface area contributed by atoms with Crippen LogP contribution in [0, 0.1) is 17.7 Å². The Balaban J connectivity index is 1.72. The number of tetrazole rings is 1. The number of thioether (sulfide) groups is 1. The number of aliphatic hydroxyl groups excluding tert-OH is 1. The second-order valence-electron chi connectivity index (χ2n) is 4.73. The first-order valence-corrected chi connectivity index (χ1v) is 7.54. The summed E-state index contributed by atoms with van der Waals surface area (Å²) in [6.07, 6.45) is 2.22. The number of aromatic nitrogens is 4. The van der Waals surface area contributed by atoms with Gasteiger partial charge in [-0.15, -0.1) is 5.10 Å². The molecule has 2 aromatic rings. The van der Waals surface area contributed by atoms with E-state index in [0.717, 1.165) is 23.6 Å². The van der Waals surface area contributed by atoms with E-state index in [1.54, 1.807) is 0 Å². The molecule has 1 fully saturated rings. The van der Waals surface area contributed by atoms with Crippen LogP contribution in [0.25, 0.3) is 0 Å². The van der Waals surface area contributed by atoms with Crippen molar-refractivity contribution < 1.29 is 9.50 Å². The number of aliphatic hydroxyl groups is 1. The lowest BCUT2D eigenvalue weighted by Gasteiger charge is -2.03. The first-order chi connectivity index (χ1) is 10.3.